The van der Waals surface area contributed by atoms with Crippen LogP contribution in [0.5, 0.6) is 5.75 Å². The Morgan fingerprint density at radius 3 is 2.90 bits per heavy atom. The monoisotopic (exact) mass is 289 g/mol. The molecule has 0 spiro atoms. The second-order valence-corrected chi connectivity index (χ2v) is 6.46. The molecule has 1 aliphatic rings. The number of benzene rings is 1. The van der Waals surface area contributed by atoms with E-state index in [0.717, 1.165) is 18.9 Å². The van der Waals surface area contributed by atoms with Gasteiger partial charge in [-0.05, 0) is 67.8 Å². The summed E-state index contributed by atoms with van der Waals surface area (Å²) in [5.74, 6) is 1.69. The molecule has 1 aromatic carbocycles. The van der Waals surface area contributed by atoms with Gasteiger partial charge in [-0.25, -0.2) is 0 Å². The average Bonchev–Trinajstić information content (AvgIpc) is 2.51. The highest BCUT2D eigenvalue weighted by atomic mass is 16.5. The predicted molar refractivity (Wildman–Crippen MR) is 90.0 cm³/mol. The van der Waals surface area contributed by atoms with Gasteiger partial charge in [0.05, 0.1) is 6.61 Å². The molecule has 21 heavy (non-hydrogen) atoms. The van der Waals surface area contributed by atoms with E-state index in [4.69, 9.17) is 4.74 Å². The van der Waals surface area contributed by atoms with Crippen LogP contribution in [0.4, 0.5) is 0 Å². The first-order valence-electron chi connectivity index (χ1n) is 8.73. The van der Waals surface area contributed by atoms with Gasteiger partial charge in [0.1, 0.15) is 5.75 Å². The summed E-state index contributed by atoms with van der Waals surface area (Å²) in [5.41, 5.74) is 2.97. The molecule has 0 aliphatic heterocycles. The van der Waals surface area contributed by atoms with E-state index in [0.29, 0.717) is 12.0 Å². The largest absolute Gasteiger partial charge is 0.493 e. The van der Waals surface area contributed by atoms with Gasteiger partial charge in [-0.1, -0.05) is 33.3 Å². The molecule has 0 aromatic heterocycles. The van der Waals surface area contributed by atoms with Gasteiger partial charge in [-0.2, -0.15) is 0 Å². The summed E-state index contributed by atoms with van der Waals surface area (Å²) in [7, 11) is 0. The number of fused-ring (bicyclic) bond motifs is 1. The van der Waals surface area contributed by atoms with Gasteiger partial charge < -0.3 is 10.1 Å². The van der Waals surface area contributed by atoms with Crippen LogP contribution in [0.3, 0.4) is 0 Å². The van der Waals surface area contributed by atoms with Crippen molar-refractivity contribution in [2.24, 2.45) is 5.92 Å². The number of nitrogens with one attached hydrogen (secondary N) is 1. The van der Waals surface area contributed by atoms with Gasteiger partial charge in [-0.3, -0.25) is 0 Å². The Bertz CT molecular complexity index is 430. The maximum atomic E-state index is 5.98. The van der Waals surface area contributed by atoms with Crippen LogP contribution in [0, 0.1) is 5.92 Å². The fourth-order valence-corrected chi connectivity index (χ4v) is 3.23. The van der Waals surface area contributed by atoms with Crippen LogP contribution in [0.25, 0.3) is 0 Å². The van der Waals surface area contributed by atoms with Crippen molar-refractivity contribution in [1.29, 1.82) is 0 Å². The molecule has 0 radical (unpaired) electrons. The Labute approximate surface area is 130 Å². The van der Waals surface area contributed by atoms with Crippen molar-refractivity contribution in [2.75, 3.05) is 13.2 Å². The number of rotatable bonds is 8. The van der Waals surface area contributed by atoms with E-state index in [1.165, 1.54) is 49.7 Å². The van der Waals surface area contributed by atoms with E-state index in [-0.39, 0.29) is 0 Å². The lowest BCUT2D eigenvalue weighted by Gasteiger charge is -2.27. The molecule has 0 saturated carbocycles. The van der Waals surface area contributed by atoms with Gasteiger partial charge in [0.25, 0.3) is 0 Å². The topological polar surface area (TPSA) is 21.3 Å². The first-order valence-corrected chi connectivity index (χ1v) is 8.73. The van der Waals surface area contributed by atoms with Gasteiger partial charge in [0.2, 0.25) is 0 Å². The molecule has 0 bridgehead atoms. The molecular weight excluding hydrogens is 258 g/mol. The van der Waals surface area contributed by atoms with Crippen molar-refractivity contribution in [1.82, 2.24) is 5.32 Å². The van der Waals surface area contributed by atoms with E-state index in [9.17, 15) is 0 Å². The highest BCUT2D eigenvalue weighted by Gasteiger charge is 2.19. The third kappa shape index (κ3) is 4.74. The number of ether oxygens (including phenoxy) is 1. The normalized spacial score (nSPS) is 19.1. The number of hydrogen-bond acceptors (Lipinski definition) is 2. The third-order valence-electron chi connectivity index (χ3n) is 4.39. The molecule has 2 atom stereocenters. The Balaban J connectivity index is 1.98. The van der Waals surface area contributed by atoms with Crippen molar-refractivity contribution in [3.8, 4) is 5.75 Å². The van der Waals surface area contributed by atoms with Gasteiger partial charge in [0, 0.05) is 6.04 Å². The van der Waals surface area contributed by atoms with Crippen molar-refractivity contribution < 1.29 is 4.74 Å². The van der Waals surface area contributed by atoms with Crippen LogP contribution < -0.4 is 10.1 Å². The summed E-state index contributed by atoms with van der Waals surface area (Å²) in [6, 6.07) is 7.25. The molecule has 0 amide bonds. The lowest BCUT2D eigenvalue weighted by Crippen LogP contribution is -2.25. The molecule has 1 aromatic rings. The molecule has 2 unspecified atom stereocenters. The predicted octanol–water partition coefficient (Wildman–Crippen LogP) is 4.88. The van der Waals surface area contributed by atoms with Crippen molar-refractivity contribution in [3.63, 3.8) is 0 Å². The van der Waals surface area contributed by atoms with Gasteiger partial charge in [0.15, 0.2) is 0 Å². The van der Waals surface area contributed by atoms with Crippen molar-refractivity contribution >= 4 is 0 Å². The van der Waals surface area contributed by atoms with E-state index in [1.807, 2.05) is 0 Å². The summed E-state index contributed by atoms with van der Waals surface area (Å²) < 4.78 is 5.98. The Morgan fingerprint density at radius 1 is 1.29 bits per heavy atom. The van der Waals surface area contributed by atoms with Crippen LogP contribution in [0.15, 0.2) is 18.2 Å². The van der Waals surface area contributed by atoms with E-state index < -0.39 is 0 Å². The Kier molecular flexibility index (Phi) is 6.56. The van der Waals surface area contributed by atoms with Crippen LogP contribution in [0.2, 0.25) is 0 Å². The van der Waals surface area contributed by atoms with E-state index in [1.54, 1.807) is 0 Å². The number of aryl methyl sites for hydroxylation is 1. The van der Waals surface area contributed by atoms with E-state index in [2.05, 4.69) is 44.3 Å². The molecule has 118 valence electrons. The molecular formula is C19H31NO. The van der Waals surface area contributed by atoms with Crippen molar-refractivity contribution in [3.05, 3.63) is 29.3 Å². The van der Waals surface area contributed by atoms with Gasteiger partial charge >= 0.3 is 0 Å². The minimum atomic E-state index is 0.543. The molecule has 2 nitrogen and oxygen atoms in total. The molecule has 2 rings (SSSR count). The molecule has 2 heteroatoms. The Morgan fingerprint density at radius 2 is 2.14 bits per heavy atom. The minimum Gasteiger partial charge on any atom is -0.493 e. The first kappa shape index (κ1) is 16.4. The van der Waals surface area contributed by atoms with Crippen LogP contribution in [0.1, 0.15) is 70.0 Å². The zero-order chi connectivity index (χ0) is 15.1. The molecule has 0 heterocycles. The second-order valence-electron chi connectivity index (χ2n) is 6.46. The molecule has 1 N–H and O–H groups in total. The zero-order valence-electron chi connectivity index (χ0n) is 14.0. The Hall–Kier alpha value is -1.02. The van der Waals surface area contributed by atoms with Gasteiger partial charge in [-0.15, -0.1) is 0 Å². The van der Waals surface area contributed by atoms with Crippen LogP contribution in [-0.4, -0.2) is 13.2 Å². The highest BCUT2D eigenvalue weighted by molar-refractivity contribution is 5.39. The SMILES string of the molecule is CCCNC1CCCc2cc(OCC(C)CCC)ccc21. The second kappa shape index (κ2) is 8.43. The quantitative estimate of drug-likeness (QED) is 0.736. The molecule has 0 saturated heterocycles. The maximum absolute atomic E-state index is 5.98. The lowest BCUT2D eigenvalue weighted by molar-refractivity contribution is 0.251. The maximum Gasteiger partial charge on any atom is 0.119 e. The first-order chi connectivity index (χ1) is 10.2. The summed E-state index contributed by atoms with van der Waals surface area (Å²) in [6.07, 6.45) is 7.42. The summed E-state index contributed by atoms with van der Waals surface area (Å²) in [5, 5.41) is 3.67. The smallest absolute Gasteiger partial charge is 0.119 e. The number of hydrogen-bond donors (Lipinski definition) is 1. The third-order valence-corrected chi connectivity index (χ3v) is 4.39. The molecule has 1 aliphatic carbocycles. The summed E-state index contributed by atoms with van der Waals surface area (Å²) >= 11 is 0. The average molecular weight is 289 g/mol. The minimum absolute atomic E-state index is 0.543. The standard InChI is InChI=1S/C19H31NO/c1-4-7-15(3)14-21-17-10-11-18-16(13-17)8-6-9-19(18)20-12-5-2/h10-11,13,15,19-20H,4-9,12,14H2,1-3H3. The lowest BCUT2D eigenvalue weighted by atomic mass is 9.87. The zero-order valence-corrected chi connectivity index (χ0v) is 14.0. The van der Waals surface area contributed by atoms with E-state index >= 15 is 0 Å². The van der Waals surface area contributed by atoms with Crippen LogP contribution in [-0.2, 0) is 6.42 Å². The fourth-order valence-electron chi connectivity index (χ4n) is 3.23. The van der Waals surface area contributed by atoms with Crippen LogP contribution >= 0.6 is 0 Å². The molecule has 0 fully saturated rings. The van der Waals surface area contributed by atoms with Crippen molar-refractivity contribution in [2.45, 2.75) is 65.3 Å². The summed E-state index contributed by atoms with van der Waals surface area (Å²) in [4.78, 5) is 0. The summed E-state index contributed by atoms with van der Waals surface area (Å²) in [6.45, 7) is 8.68. The highest BCUT2D eigenvalue weighted by Crippen LogP contribution is 2.32. The fraction of sp³-hybridized carbons (Fsp3) is 0.684.